The molecule has 0 aromatic heterocycles. The van der Waals surface area contributed by atoms with Gasteiger partial charge in [0.25, 0.3) is 0 Å². The van der Waals surface area contributed by atoms with Gasteiger partial charge >= 0.3 is 5.97 Å². The second-order valence-electron chi connectivity index (χ2n) is 4.08. The lowest BCUT2D eigenvalue weighted by molar-refractivity contribution is -0.145. The van der Waals surface area contributed by atoms with Gasteiger partial charge in [-0.15, -0.1) is 0 Å². The van der Waals surface area contributed by atoms with Crippen LogP contribution in [0, 0.1) is 23.7 Å². The predicted octanol–water partition coefficient (Wildman–Crippen LogP) is 1.57. The fraction of sp³-hybridized carbons (Fsp3) is 0.800. The number of carboxylic acids is 1. The standard InChI is InChI=1S/C10H16O3/c1-6-3-4-8(7(2)5-11)9(6)10(12)13/h5-9H,3-4H2,1-2H3,(H,12,13)/t6?,7-,8?,9?/m1/s1. The van der Waals surface area contributed by atoms with Gasteiger partial charge in [0.05, 0.1) is 5.92 Å². The number of rotatable bonds is 3. The highest BCUT2D eigenvalue weighted by Crippen LogP contribution is 2.40. The van der Waals surface area contributed by atoms with Gasteiger partial charge in [-0.3, -0.25) is 4.79 Å². The van der Waals surface area contributed by atoms with Crippen LogP contribution in [-0.4, -0.2) is 17.4 Å². The molecule has 3 heteroatoms. The Bertz CT molecular complexity index is 212. The number of carboxylic acid groups (broad SMARTS) is 1. The Kier molecular flexibility index (Phi) is 3.07. The van der Waals surface area contributed by atoms with Gasteiger partial charge in [0.1, 0.15) is 6.29 Å². The average molecular weight is 184 g/mol. The SMILES string of the molecule is CC1CCC([C@H](C)C=O)C1C(=O)O. The Morgan fingerprint density at radius 1 is 1.54 bits per heavy atom. The minimum atomic E-state index is -0.747. The smallest absolute Gasteiger partial charge is 0.307 e. The minimum absolute atomic E-state index is 0.0463. The summed E-state index contributed by atoms with van der Waals surface area (Å²) >= 11 is 0. The molecule has 1 N–H and O–H groups in total. The number of aliphatic carboxylic acids is 1. The third kappa shape index (κ3) is 1.90. The van der Waals surface area contributed by atoms with Crippen molar-refractivity contribution in [1.82, 2.24) is 0 Å². The van der Waals surface area contributed by atoms with Crippen molar-refractivity contribution in [3.05, 3.63) is 0 Å². The van der Waals surface area contributed by atoms with E-state index in [1.165, 1.54) is 0 Å². The number of hydrogen-bond acceptors (Lipinski definition) is 2. The summed E-state index contributed by atoms with van der Waals surface area (Å²) in [5, 5.41) is 8.98. The highest BCUT2D eigenvalue weighted by Gasteiger charge is 2.40. The van der Waals surface area contributed by atoms with Gasteiger partial charge in [-0.1, -0.05) is 13.8 Å². The van der Waals surface area contributed by atoms with Crippen LogP contribution in [0.15, 0.2) is 0 Å². The summed E-state index contributed by atoms with van der Waals surface area (Å²) in [5.74, 6) is -0.926. The average Bonchev–Trinajstić information content (AvgIpc) is 2.45. The molecule has 0 bridgehead atoms. The fourth-order valence-corrected chi connectivity index (χ4v) is 2.35. The van der Waals surface area contributed by atoms with E-state index in [9.17, 15) is 9.59 Å². The lowest BCUT2D eigenvalue weighted by Crippen LogP contribution is -2.27. The molecule has 0 radical (unpaired) electrons. The highest BCUT2D eigenvalue weighted by atomic mass is 16.4. The molecule has 0 spiro atoms. The minimum Gasteiger partial charge on any atom is -0.481 e. The summed E-state index contributed by atoms with van der Waals surface area (Å²) in [4.78, 5) is 21.5. The first-order valence-electron chi connectivity index (χ1n) is 4.76. The molecule has 3 unspecified atom stereocenters. The van der Waals surface area contributed by atoms with E-state index in [4.69, 9.17) is 5.11 Å². The van der Waals surface area contributed by atoms with Crippen molar-refractivity contribution in [2.75, 3.05) is 0 Å². The summed E-state index contributed by atoms with van der Waals surface area (Å²) in [6.45, 7) is 3.77. The highest BCUT2D eigenvalue weighted by molar-refractivity contribution is 5.72. The summed E-state index contributed by atoms with van der Waals surface area (Å²) in [5.41, 5.74) is 0. The maximum atomic E-state index is 10.9. The van der Waals surface area contributed by atoms with Crippen LogP contribution in [0.2, 0.25) is 0 Å². The third-order valence-corrected chi connectivity index (χ3v) is 3.20. The van der Waals surface area contributed by atoms with Gasteiger partial charge in [-0.05, 0) is 24.7 Å². The molecule has 3 nitrogen and oxygen atoms in total. The molecule has 0 amide bonds. The van der Waals surface area contributed by atoms with Crippen LogP contribution in [-0.2, 0) is 9.59 Å². The van der Waals surface area contributed by atoms with E-state index in [1.54, 1.807) is 0 Å². The van der Waals surface area contributed by atoms with Crippen LogP contribution < -0.4 is 0 Å². The lowest BCUT2D eigenvalue weighted by atomic mass is 9.83. The van der Waals surface area contributed by atoms with E-state index in [0.29, 0.717) is 0 Å². The van der Waals surface area contributed by atoms with E-state index in [-0.39, 0.29) is 23.7 Å². The summed E-state index contributed by atoms with van der Waals surface area (Å²) in [6, 6.07) is 0. The van der Waals surface area contributed by atoms with E-state index < -0.39 is 5.97 Å². The lowest BCUT2D eigenvalue weighted by Gasteiger charge is -2.20. The van der Waals surface area contributed by atoms with Crippen LogP contribution in [0.1, 0.15) is 26.7 Å². The largest absolute Gasteiger partial charge is 0.481 e. The zero-order valence-corrected chi connectivity index (χ0v) is 8.06. The van der Waals surface area contributed by atoms with Gasteiger partial charge in [0.2, 0.25) is 0 Å². The summed E-state index contributed by atoms with van der Waals surface area (Å²) < 4.78 is 0. The topological polar surface area (TPSA) is 54.4 Å². The normalized spacial score (nSPS) is 35.7. The number of aldehydes is 1. The van der Waals surface area contributed by atoms with Crippen LogP contribution in [0.25, 0.3) is 0 Å². The van der Waals surface area contributed by atoms with Gasteiger partial charge in [-0.25, -0.2) is 0 Å². The molecule has 1 saturated carbocycles. The number of carbonyl (C=O) groups is 2. The molecular weight excluding hydrogens is 168 g/mol. The number of carbonyl (C=O) groups excluding carboxylic acids is 1. The zero-order chi connectivity index (χ0) is 10.0. The molecule has 1 aliphatic carbocycles. The predicted molar refractivity (Wildman–Crippen MR) is 48.2 cm³/mol. The molecule has 0 saturated heterocycles. The van der Waals surface area contributed by atoms with Crippen LogP contribution in [0.5, 0.6) is 0 Å². The number of hydrogen-bond donors (Lipinski definition) is 1. The molecule has 13 heavy (non-hydrogen) atoms. The monoisotopic (exact) mass is 184 g/mol. The Balaban J connectivity index is 2.75. The Labute approximate surface area is 78.1 Å². The van der Waals surface area contributed by atoms with Crippen molar-refractivity contribution in [2.24, 2.45) is 23.7 Å². The maximum absolute atomic E-state index is 10.9. The molecule has 0 aromatic rings. The third-order valence-electron chi connectivity index (χ3n) is 3.20. The Hall–Kier alpha value is -0.860. The first-order valence-corrected chi connectivity index (χ1v) is 4.76. The molecule has 74 valence electrons. The maximum Gasteiger partial charge on any atom is 0.307 e. The van der Waals surface area contributed by atoms with Crippen LogP contribution in [0.4, 0.5) is 0 Å². The fourth-order valence-electron chi connectivity index (χ4n) is 2.35. The van der Waals surface area contributed by atoms with Crippen molar-refractivity contribution in [3.63, 3.8) is 0 Å². The van der Waals surface area contributed by atoms with E-state index >= 15 is 0 Å². The van der Waals surface area contributed by atoms with Crippen LogP contribution >= 0.6 is 0 Å². The Morgan fingerprint density at radius 3 is 2.62 bits per heavy atom. The quantitative estimate of drug-likeness (QED) is 0.677. The molecule has 1 fully saturated rings. The molecule has 4 atom stereocenters. The first kappa shape index (κ1) is 10.2. The van der Waals surface area contributed by atoms with Crippen molar-refractivity contribution < 1.29 is 14.7 Å². The second kappa shape index (κ2) is 3.90. The Morgan fingerprint density at radius 2 is 2.15 bits per heavy atom. The van der Waals surface area contributed by atoms with Gasteiger partial charge in [-0.2, -0.15) is 0 Å². The van der Waals surface area contributed by atoms with Crippen LogP contribution in [0.3, 0.4) is 0 Å². The van der Waals surface area contributed by atoms with Crippen molar-refractivity contribution in [2.45, 2.75) is 26.7 Å². The molecule has 0 heterocycles. The molecule has 0 aromatic carbocycles. The molecular formula is C10H16O3. The van der Waals surface area contributed by atoms with E-state index in [1.807, 2.05) is 13.8 Å². The summed E-state index contributed by atoms with van der Waals surface area (Å²) in [6.07, 6.45) is 2.68. The second-order valence-corrected chi connectivity index (χ2v) is 4.08. The molecule has 1 aliphatic rings. The zero-order valence-electron chi connectivity index (χ0n) is 8.06. The molecule has 1 rings (SSSR count). The molecule has 0 aliphatic heterocycles. The van der Waals surface area contributed by atoms with Gasteiger partial charge in [0.15, 0.2) is 0 Å². The van der Waals surface area contributed by atoms with Gasteiger partial charge in [0, 0.05) is 5.92 Å². The van der Waals surface area contributed by atoms with Gasteiger partial charge < -0.3 is 9.90 Å². The van der Waals surface area contributed by atoms with Crippen molar-refractivity contribution in [3.8, 4) is 0 Å². The first-order chi connectivity index (χ1) is 6.07. The van der Waals surface area contributed by atoms with E-state index in [0.717, 1.165) is 19.1 Å². The van der Waals surface area contributed by atoms with Crippen molar-refractivity contribution >= 4 is 12.3 Å². The van der Waals surface area contributed by atoms with Crippen molar-refractivity contribution in [1.29, 1.82) is 0 Å². The summed E-state index contributed by atoms with van der Waals surface area (Å²) in [7, 11) is 0. The van der Waals surface area contributed by atoms with E-state index in [2.05, 4.69) is 0 Å².